The molecule has 0 aliphatic heterocycles. The molecule has 3 heteroatoms. The molecule has 0 unspecified atom stereocenters. The van der Waals surface area contributed by atoms with Crippen LogP contribution in [0.15, 0.2) is 133 Å². The van der Waals surface area contributed by atoms with E-state index in [9.17, 15) is 9.59 Å². The summed E-state index contributed by atoms with van der Waals surface area (Å²) >= 11 is 0. The molecule has 0 atom stereocenters. The van der Waals surface area contributed by atoms with Crippen molar-refractivity contribution in [3.8, 4) is 0 Å². The van der Waals surface area contributed by atoms with Gasteiger partial charge in [0.2, 0.25) is 0 Å². The second-order valence-electron chi connectivity index (χ2n) is 11.2. The summed E-state index contributed by atoms with van der Waals surface area (Å²) in [6, 6.07) is 40.9. The summed E-state index contributed by atoms with van der Waals surface area (Å²) in [5.41, 5.74) is 7.81. The largest absolute Gasteiger partial charge is 0.310 e. The lowest BCUT2D eigenvalue weighted by Gasteiger charge is -2.29. The maximum absolute atomic E-state index is 13.3. The predicted molar refractivity (Wildman–Crippen MR) is 177 cm³/mol. The molecule has 43 heavy (non-hydrogen) atoms. The molecule has 0 aromatic heterocycles. The first kappa shape index (κ1) is 25.2. The highest BCUT2D eigenvalue weighted by Gasteiger charge is 2.33. The number of ketones is 2. The number of carbonyl (C=O) groups is 2. The normalized spacial score (nSPS) is 13.8. The zero-order chi connectivity index (χ0) is 28.9. The summed E-state index contributed by atoms with van der Waals surface area (Å²) in [6.07, 6.45) is 8.32. The third-order valence-electron chi connectivity index (χ3n) is 8.61. The summed E-state index contributed by atoms with van der Waals surface area (Å²) in [6.45, 7) is 0. The van der Waals surface area contributed by atoms with Crippen molar-refractivity contribution in [2.24, 2.45) is 0 Å². The maximum atomic E-state index is 13.3. The van der Waals surface area contributed by atoms with Gasteiger partial charge in [0.1, 0.15) is 0 Å². The molecule has 2 aliphatic rings. The van der Waals surface area contributed by atoms with Crippen LogP contribution in [-0.2, 0) is 6.42 Å². The van der Waals surface area contributed by atoms with Crippen molar-refractivity contribution < 1.29 is 9.59 Å². The van der Waals surface area contributed by atoms with Gasteiger partial charge >= 0.3 is 0 Å². The van der Waals surface area contributed by atoms with Crippen molar-refractivity contribution >= 4 is 62.3 Å². The van der Waals surface area contributed by atoms with Gasteiger partial charge in [-0.15, -0.1) is 0 Å². The zero-order valence-corrected chi connectivity index (χ0v) is 23.5. The van der Waals surface area contributed by atoms with E-state index in [4.69, 9.17) is 0 Å². The van der Waals surface area contributed by atoms with E-state index in [-0.39, 0.29) is 17.1 Å². The average Bonchev–Trinajstić information content (AvgIpc) is 3.29. The van der Waals surface area contributed by atoms with Gasteiger partial charge in [-0.25, -0.2) is 0 Å². The number of para-hydroxylation sites is 1. The van der Waals surface area contributed by atoms with E-state index in [1.807, 2.05) is 54.6 Å². The molecule has 204 valence electrons. The van der Waals surface area contributed by atoms with Crippen LogP contribution in [0.3, 0.4) is 0 Å². The van der Waals surface area contributed by atoms with E-state index in [1.54, 1.807) is 6.08 Å². The Morgan fingerprint density at radius 3 is 1.91 bits per heavy atom. The Morgan fingerprint density at radius 1 is 0.605 bits per heavy atom. The second kappa shape index (κ2) is 10.1. The molecule has 6 aromatic rings. The molecule has 8 rings (SSSR count). The van der Waals surface area contributed by atoms with Gasteiger partial charge in [0.25, 0.3) is 0 Å². The average molecular weight is 554 g/mol. The van der Waals surface area contributed by atoms with E-state index in [0.717, 1.165) is 46.2 Å². The summed E-state index contributed by atoms with van der Waals surface area (Å²) < 4.78 is 0. The number of nitrogens with zero attached hydrogens (tertiary/aromatic N) is 1. The Bertz CT molecular complexity index is 2100. The molecule has 2 aliphatic carbocycles. The lowest BCUT2D eigenvalue weighted by Crippen LogP contribution is -2.12. The predicted octanol–water partition coefficient (Wildman–Crippen LogP) is 9.88. The highest BCUT2D eigenvalue weighted by atomic mass is 16.2. The Kier molecular flexibility index (Phi) is 5.90. The van der Waals surface area contributed by atoms with Gasteiger partial charge in [0, 0.05) is 27.9 Å². The van der Waals surface area contributed by atoms with E-state index in [1.165, 1.54) is 21.9 Å². The molecule has 6 aromatic carbocycles. The standard InChI is InChI=1S/C40H27NO2/c42-39-35-23-27-10-4-5-11-28(27)24-36(35)40(43)37(39)22-26-18-20-31(21-19-26)41(30-13-2-1-3-14-30)38-25-29-12-6-7-15-32(29)33-16-8-9-17-34(33)38/h1-6,8-14,16-25H,7,15H2. The highest BCUT2D eigenvalue weighted by molar-refractivity contribution is 6.42. The molecule has 0 fully saturated rings. The topological polar surface area (TPSA) is 37.4 Å². The fourth-order valence-electron chi connectivity index (χ4n) is 6.52. The van der Waals surface area contributed by atoms with E-state index in [2.05, 4.69) is 83.8 Å². The second-order valence-corrected chi connectivity index (χ2v) is 11.2. The van der Waals surface area contributed by atoms with Crippen LogP contribution in [0, 0.1) is 0 Å². The van der Waals surface area contributed by atoms with Crippen molar-refractivity contribution in [2.45, 2.75) is 12.8 Å². The number of Topliss-reactive ketones (excluding diaryl/α,β-unsaturated/α-hetero) is 2. The number of hydrogen-bond donors (Lipinski definition) is 0. The number of allylic oxidation sites excluding steroid dienone is 2. The Labute approximate surface area is 250 Å². The van der Waals surface area contributed by atoms with Crippen LogP contribution >= 0.6 is 0 Å². The number of fused-ring (bicyclic) bond motifs is 5. The molecular formula is C40H27NO2. The van der Waals surface area contributed by atoms with Gasteiger partial charge in [-0.05, 0) is 94.2 Å². The minimum absolute atomic E-state index is 0.213. The van der Waals surface area contributed by atoms with Crippen molar-refractivity contribution in [1.29, 1.82) is 0 Å². The van der Waals surface area contributed by atoms with Gasteiger partial charge in [-0.3, -0.25) is 9.59 Å². The van der Waals surface area contributed by atoms with E-state index in [0.29, 0.717) is 11.1 Å². The number of hydrogen-bond acceptors (Lipinski definition) is 3. The van der Waals surface area contributed by atoms with Crippen LogP contribution in [0.4, 0.5) is 17.1 Å². The Morgan fingerprint density at radius 2 is 1.21 bits per heavy atom. The van der Waals surface area contributed by atoms with Crippen LogP contribution < -0.4 is 4.90 Å². The molecule has 0 bridgehead atoms. The maximum Gasteiger partial charge on any atom is 0.197 e. The van der Waals surface area contributed by atoms with Gasteiger partial charge in [0.15, 0.2) is 11.6 Å². The number of benzene rings is 6. The molecular weight excluding hydrogens is 526 g/mol. The van der Waals surface area contributed by atoms with Crippen molar-refractivity contribution in [1.82, 2.24) is 0 Å². The van der Waals surface area contributed by atoms with E-state index < -0.39 is 0 Å². The smallest absolute Gasteiger partial charge is 0.197 e. The lowest BCUT2D eigenvalue weighted by atomic mass is 9.90. The van der Waals surface area contributed by atoms with Gasteiger partial charge in [-0.1, -0.05) is 91.0 Å². The summed E-state index contributed by atoms with van der Waals surface area (Å²) in [5.74, 6) is -0.427. The van der Waals surface area contributed by atoms with Gasteiger partial charge in [-0.2, -0.15) is 0 Å². The molecule has 0 spiro atoms. The zero-order valence-electron chi connectivity index (χ0n) is 23.5. The van der Waals surface area contributed by atoms with Crippen LogP contribution in [0.25, 0.3) is 33.7 Å². The monoisotopic (exact) mass is 553 g/mol. The van der Waals surface area contributed by atoms with Gasteiger partial charge in [0.05, 0.1) is 11.3 Å². The third-order valence-corrected chi connectivity index (χ3v) is 8.61. The first-order chi connectivity index (χ1) is 21.2. The molecule has 0 heterocycles. The van der Waals surface area contributed by atoms with E-state index >= 15 is 0 Å². The quantitative estimate of drug-likeness (QED) is 0.161. The number of aryl methyl sites for hydroxylation is 1. The van der Waals surface area contributed by atoms with Crippen molar-refractivity contribution in [2.75, 3.05) is 4.90 Å². The number of anilines is 3. The fourth-order valence-corrected chi connectivity index (χ4v) is 6.52. The Balaban J connectivity index is 1.21. The summed E-state index contributed by atoms with van der Waals surface area (Å²) in [4.78, 5) is 29.0. The first-order valence-corrected chi connectivity index (χ1v) is 14.7. The minimum Gasteiger partial charge on any atom is -0.310 e. The van der Waals surface area contributed by atoms with Crippen LogP contribution in [0.1, 0.15) is 43.8 Å². The molecule has 0 amide bonds. The summed E-state index contributed by atoms with van der Waals surface area (Å²) in [5, 5.41) is 4.41. The minimum atomic E-state index is -0.214. The van der Waals surface area contributed by atoms with Crippen LogP contribution in [-0.4, -0.2) is 11.6 Å². The SMILES string of the molecule is O=C1C(=Cc2ccc(N(c3ccccc3)c3cc4c(c5ccccc35)CCC=C4)cc2)C(=O)c2cc3ccccc3cc21. The Hall–Kier alpha value is -5.54. The summed E-state index contributed by atoms with van der Waals surface area (Å²) in [7, 11) is 0. The molecule has 0 saturated heterocycles. The highest BCUT2D eigenvalue weighted by Crippen LogP contribution is 2.42. The van der Waals surface area contributed by atoms with Crippen LogP contribution in [0.5, 0.6) is 0 Å². The van der Waals surface area contributed by atoms with Crippen molar-refractivity contribution in [3.63, 3.8) is 0 Å². The lowest BCUT2D eigenvalue weighted by molar-refractivity contribution is 0.0990. The third kappa shape index (κ3) is 4.21. The molecule has 0 N–H and O–H groups in total. The van der Waals surface area contributed by atoms with Crippen LogP contribution in [0.2, 0.25) is 0 Å². The fraction of sp³-hybridized carbons (Fsp3) is 0.0500. The first-order valence-electron chi connectivity index (χ1n) is 14.7. The molecule has 0 saturated carbocycles. The number of carbonyl (C=O) groups excluding carboxylic acids is 2. The number of rotatable bonds is 4. The molecule has 0 radical (unpaired) electrons. The van der Waals surface area contributed by atoms with Gasteiger partial charge < -0.3 is 4.90 Å². The molecule has 3 nitrogen and oxygen atoms in total. The van der Waals surface area contributed by atoms with Crippen molar-refractivity contribution in [3.05, 3.63) is 161 Å².